The summed E-state index contributed by atoms with van der Waals surface area (Å²) in [6, 6.07) is 4.49. The number of benzene rings is 1. The average Bonchev–Trinajstić information content (AvgIpc) is 3.03. The number of anilines is 1. The molecule has 0 radical (unpaired) electrons. The van der Waals surface area contributed by atoms with Gasteiger partial charge in [-0.2, -0.15) is 0 Å². The summed E-state index contributed by atoms with van der Waals surface area (Å²) in [7, 11) is 1.46. The molecule has 1 atom stereocenters. The molecule has 1 fully saturated rings. The number of hydrogen-bond acceptors (Lipinski definition) is 4. The average molecular weight is 347 g/mol. The van der Waals surface area contributed by atoms with Crippen LogP contribution in [-0.4, -0.2) is 56.1 Å². The lowest BCUT2D eigenvalue weighted by atomic mass is 9.98. The number of cyclic esters (lactones) is 1. The molecule has 0 unspecified atom stereocenters. The van der Waals surface area contributed by atoms with Gasteiger partial charge in [-0.15, -0.1) is 0 Å². The predicted octanol–water partition coefficient (Wildman–Crippen LogP) is 1.14. The summed E-state index contributed by atoms with van der Waals surface area (Å²) in [6.45, 7) is 1.03. The Morgan fingerprint density at radius 1 is 1.44 bits per heavy atom. The molecule has 2 heterocycles. The molecular formula is C17H18FN3O4. The van der Waals surface area contributed by atoms with Gasteiger partial charge >= 0.3 is 6.09 Å². The van der Waals surface area contributed by atoms with Crippen LogP contribution in [0, 0.1) is 5.82 Å². The van der Waals surface area contributed by atoms with E-state index in [1.54, 1.807) is 17.0 Å². The Morgan fingerprint density at radius 2 is 2.24 bits per heavy atom. The number of likely N-dealkylation sites (N-methyl/N-ethyl adjacent to an activating group) is 1. The number of hydrogen-bond donors (Lipinski definition) is 1. The van der Waals surface area contributed by atoms with Crippen molar-refractivity contribution in [1.82, 2.24) is 10.2 Å². The lowest BCUT2D eigenvalue weighted by Gasteiger charge is -2.23. The number of ether oxygens (including phenoxy) is 1. The van der Waals surface area contributed by atoms with Gasteiger partial charge in [0.25, 0.3) is 5.91 Å². The quantitative estimate of drug-likeness (QED) is 0.829. The smallest absolute Gasteiger partial charge is 0.415 e. The van der Waals surface area contributed by atoms with E-state index in [-0.39, 0.29) is 6.54 Å². The summed E-state index contributed by atoms with van der Waals surface area (Å²) >= 11 is 0. The molecule has 8 heteroatoms. The van der Waals surface area contributed by atoms with E-state index in [9.17, 15) is 18.8 Å². The summed E-state index contributed by atoms with van der Waals surface area (Å²) in [5, 5.41) is 2.42. The first-order valence-corrected chi connectivity index (χ1v) is 7.91. The van der Waals surface area contributed by atoms with Gasteiger partial charge < -0.3 is 15.0 Å². The van der Waals surface area contributed by atoms with Crippen LogP contribution in [0.4, 0.5) is 14.9 Å². The molecule has 0 bridgehead atoms. The van der Waals surface area contributed by atoms with Crippen LogP contribution in [0.2, 0.25) is 0 Å². The van der Waals surface area contributed by atoms with Gasteiger partial charge in [0.05, 0.1) is 12.2 Å². The molecule has 0 saturated carbocycles. The van der Waals surface area contributed by atoms with Crippen molar-refractivity contribution in [3.8, 4) is 0 Å². The number of carbonyl (C=O) groups is 3. The zero-order valence-electron chi connectivity index (χ0n) is 13.7. The van der Waals surface area contributed by atoms with Crippen LogP contribution in [0.1, 0.15) is 12.0 Å². The van der Waals surface area contributed by atoms with Gasteiger partial charge in [-0.1, -0.05) is 6.08 Å². The Hall–Kier alpha value is -2.90. The SMILES string of the molecule is CNC(=O)[C@H]1CN(c2ccc(C3=CCN(C=O)CC3)c(F)c2)C(=O)O1. The summed E-state index contributed by atoms with van der Waals surface area (Å²) in [4.78, 5) is 37.1. The molecule has 7 nitrogen and oxygen atoms in total. The molecule has 132 valence electrons. The molecule has 0 spiro atoms. The lowest BCUT2D eigenvalue weighted by molar-refractivity contribution is -0.127. The molecule has 25 heavy (non-hydrogen) atoms. The fraction of sp³-hybridized carbons (Fsp3) is 0.353. The Bertz CT molecular complexity index is 749. The van der Waals surface area contributed by atoms with Crippen LogP contribution in [-0.2, 0) is 14.3 Å². The van der Waals surface area contributed by atoms with Crippen LogP contribution in [0.15, 0.2) is 24.3 Å². The van der Waals surface area contributed by atoms with E-state index in [4.69, 9.17) is 4.74 Å². The van der Waals surface area contributed by atoms with E-state index in [0.29, 0.717) is 30.8 Å². The van der Waals surface area contributed by atoms with E-state index in [2.05, 4.69) is 5.32 Å². The van der Waals surface area contributed by atoms with E-state index in [1.807, 2.05) is 6.08 Å². The van der Waals surface area contributed by atoms with Gasteiger partial charge in [0.2, 0.25) is 6.41 Å². The van der Waals surface area contributed by atoms with Crippen LogP contribution >= 0.6 is 0 Å². The van der Waals surface area contributed by atoms with Crippen LogP contribution in [0.3, 0.4) is 0 Å². The number of halogens is 1. The monoisotopic (exact) mass is 347 g/mol. The van der Waals surface area contributed by atoms with E-state index < -0.39 is 23.9 Å². The molecule has 0 aliphatic carbocycles. The Balaban J connectivity index is 1.79. The maximum Gasteiger partial charge on any atom is 0.415 e. The van der Waals surface area contributed by atoms with Crippen LogP contribution in [0.25, 0.3) is 5.57 Å². The second kappa shape index (κ2) is 6.92. The van der Waals surface area contributed by atoms with Gasteiger partial charge in [-0.3, -0.25) is 14.5 Å². The van der Waals surface area contributed by atoms with Crippen molar-refractivity contribution in [2.45, 2.75) is 12.5 Å². The second-order valence-corrected chi connectivity index (χ2v) is 5.84. The fourth-order valence-corrected chi connectivity index (χ4v) is 2.93. The van der Waals surface area contributed by atoms with E-state index >= 15 is 0 Å². The molecule has 1 N–H and O–H groups in total. The number of carbonyl (C=O) groups excluding carboxylic acids is 3. The molecule has 0 aromatic heterocycles. The van der Waals surface area contributed by atoms with E-state index in [1.165, 1.54) is 18.0 Å². The number of nitrogens with one attached hydrogen (secondary N) is 1. The largest absolute Gasteiger partial charge is 0.434 e. The van der Waals surface area contributed by atoms with Crippen molar-refractivity contribution in [2.24, 2.45) is 0 Å². The highest BCUT2D eigenvalue weighted by Gasteiger charge is 2.36. The lowest BCUT2D eigenvalue weighted by Crippen LogP contribution is -2.35. The van der Waals surface area contributed by atoms with E-state index in [0.717, 1.165) is 12.0 Å². The summed E-state index contributed by atoms with van der Waals surface area (Å²) in [5.41, 5.74) is 1.61. The van der Waals surface area contributed by atoms with Gasteiger partial charge in [0.1, 0.15) is 5.82 Å². The van der Waals surface area contributed by atoms with Crippen molar-refractivity contribution in [1.29, 1.82) is 0 Å². The minimum atomic E-state index is -0.907. The van der Waals surface area contributed by atoms with Crippen LogP contribution < -0.4 is 10.2 Å². The van der Waals surface area contributed by atoms with Crippen LogP contribution in [0.5, 0.6) is 0 Å². The normalized spacial score (nSPS) is 20.2. The fourth-order valence-electron chi connectivity index (χ4n) is 2.93. The number of rotatable bonds is 4. The minimum absolute atomic E-state index is 0.0360. The standard InChI is InChI=1S/C17H18FN3O4/c1-19-16(23)15-9-21(17(24)25-15)12-2-3-13(14(18)8-12)11-4-6-20(10-22)7-5-11/h2-4,8,10,15H,5-7,9H2,1H3,(H,19,23)/t15-/m1/s1. The van der Waals surface area contributed by atoms with Crippen molar-refractivity contribution in [2.75, 3.05) is 31.6 Å². The first-order valence-electron chi connectivity index (χ1n) is 7.91. The molecule has 3 rings (SSSR count). The maximum atomic E-state index is 14.5. The molecule has 1 aromatic rings. The molecule has 2 aliphatic heterocycles. The van der Waals surface area contributed by atoms with Crippen molar-refractivity contribution in [3.63, 3.8) is 0 Å². The molecule has 3 amide bonds. The molecule has 2 aliphatic rings. The summed E-state index contributed by atoms with van der Waals surface area (Å²) < 4.78 is 19.5. The number of nitrogens with zero attached hydrogens (tertiary/aromatic N) is 2. The Morgan fingerprint density at radius 3 is 2.84 bits per heavy atom. The highest BCUT2D eigenvalue weighted by Crippen LogP contribution is 2.29. The molecule has 1 saturated heterocycles. The second-order valence-electron chi connectivity index (χ2n) is 5.84. The highest BCUT2D eigenvalue weighted by atomic mass is 19.1. The van der Waals surface area contributed by atoms with Gasteiger partial charge in [0.15, 0.2) is 6.10 Å². The van der Waals surface area contributed by atoms with Gasteiger partial charge in [-0.25, -0.2) is 9.18 Å². The molecule has 1 aromatic carbocycles. The maximum absolute atomic E-state index is 14.5. The Labute approximate surface area is 144 Å². The zero-order valence-corrected chi connectivity index (χ0v) is 13.7. The zero-order chi connectivity index (χ0) is 18.0. The first kappa shape index (κ1) is 16.9. The van der Waals surface area contributed by atoms with Gasteiger partial charge in [-0.05, 0) is 30.2 Å². The minimum Gasteiger partial charge on any atom is -0.434 e. The predicted molar refractivity (Wildman–Crippen MR) is 88.3 cm³/mol. The molecular weight excluding hydrogens is 329 g/mol. The first-order chi connectivity index (χ1) is 12.0. The summed E-state index contributed by atoms with van der Waals surface area (Å²) in [5.74, 6) is -0.862. The van der Waals surface area contributed by atoms with Crippen molar-refractivity contribution < 1.29 is 23.5 Å². The number of amides is 3. The topological polar surface area (TPSA) is 79.0 Å². The van der Waals surface area contributed by atoms with Gasteiger partial charge in [0, 0.05) is 25.7 Å². The van der Waals surface area contributed by atoms with Crippen molar-refractivity contribution >= 4 is 29.7 Å². The Kier molecular flexibility index (Phi) is 4.69. The summed E-state index contributed by atoms with van der Waals surface area (Å²) in [6.07, 6.45) is 1.57. The third-order valence-electron chi connectivity index (χ3n) is 4.35. The third-order valence-corrected chi connectivity index (χ3v) is 4.35. The van der Waals surface area contributed by atoms with Crippen molar-refractivity contribution in [3.05, 3.63) is 35.7 Å². The third kappa shape index (κ3) is 3.33. The highest BCUT2D eigenvalue weighted by molar-refractivity contribution is 5.95.